The van der Waals surface area contributed by atoms with E-state index in [4.69, 9.17) is 0 Å². The molecule has 0 amide bonds. The van der Waals surface area contributed by atoms with Crippen LogP contribution in [0, 0.1) is 0 Å². The Bertz CT molecular complexity index is 1090. The minimum atomic E-state index is -1.41. The Hall–Kier alpha value is -3.67. The predicted octanol–water partition coefficient (Wildman–Crippen LogP) is 2.94. The van der Waals surface area contributed by atoms with E-state index in [1.807, 2.05) is 0 Å². The zero-order chi connectivity index (χ0) is 18.1. The van der Waals surface area contributed by atoms with E-state index in [9.17, 15) is 29.1 Å². The zero-order valence-electron chi connectivity index (χ0n) is 12.7. The molecule has 3 aromatic rings. The van der Waals surface area contributed by atoms with Crippen LogP contribution < -0.4 is 0 Å². The van der Waals surface area contributed by atoms with Crippen LogP contribution in [-0.2, 0) is 0 Å². The number of carboxylic acids is 1. The number of benzene rings is 3. The third kappa shape index (κ3) is 2.23. The summed E-state index contributed by atoms with van der Waals surface area (Å²) in [5, 5.41) is 10.8. The first-order valence-electron chi connectivity index (χ1n) is 7.18. The first-order valence-corrected chi connectivity index (χ1v) is 7.18. The molecule has 0 aliphatic rings. The molecule has 1 N–H and O–H groups in total. The maximum absolute atomic E-state index is 11.7. The molecule has 25 heavy (non-hydrogen) atoms. The molecule has 0 aliphatic carbocycles. The lowest BCUT2D eigenvalue weighted by Gasteiger charge is -2.15. The van der Waals surface area contributed by atoms with Crippen LogP contribution in [0.5, 0.6) is 0 Å². The molecule has 0 aliphatic heterocycles. The molecule has 0 bridgehead atoms. The van der Waals surface area contributed by atoms with Crippen molar-refractivity contribution in [2.75, 3.05) is 0 Å². The van der Waals surface area contributed by atoms with Gasteiger partial charge in [-0.05, 0) is 10.8 Å². The second kappa shape index (κ2) is 6.09. The lowest BCUT2D eigenvalue weighted by Crippen LogP contribution is -2.10. The second-order valence-electron chi connectivity index (χ2n) is 5.33. The Labute approximate surface area is 140 Å². The van der Waals surface area contributed by atoms with Gasteiger partial charge in [-0.2, -0.15) is 0 Å². The monoisotopic (exact) mass is 334 g/mol. The van der Waals surface area contributed by atoms with Crippen LogP contribution in [0.4, 0.5) is 0 Å². The highest BCUT2D eigenvalue weighted by Crippen LogP contribution is 2.35. The summed E-state index contributed by atoms with van der Waals surface area (Å²) in [5.41, 5.74) is -0.904. The third-order valence-corrected chi connectivity index (χ3v) is 4.16. The van der Waals surface area contributed by atoms with Crippen molar-refractivity contribution in [1.82, 2.24) is 0 Å². The van der Waals surface area contributed by atoms with E-state index in [1.54, 1.807) is 18.2 Å². The van der Waals surface area contributed by atoms with Gasteiger partial charge in [-0.1, -0.05) is 30.3 Å². The Morgan fingerprint density at radius 3 is 2.00 bits per heavy atom. The first-order chi connectivity index (χ1) is 12.1. The fourth-order valence-corrected chi connectivity index (χ4v) is 3.16. The van der Waals surface area contributed by atoms with Crippen molar-refractivity contribution >= 4 is 52.7 Å². The number of aromatic carboxylic acids is 1. The van der Waals surface area contributed by atoms with Gasteiger partial charge in [-0.25, -0.2) is 4.79 Å². The minimum Gasteiger partial charge on any atom is -0.478 e. The number of hydrogen-bond donors (Lipinski definition) is 1. The lowest BCUT2D eigenvalue weighted by molar-refractivity contribution is 0.0695. The molecule has 0 saturated carbocycles. The molecule has 6 nitrogen and oxygen atoms in total. The van der Waals surface area contributed by atoms with Crippen molar-refractivity contribution < 1.29 is 29.1 Å². The first kappa shape index (κ1) is 16.2. The van der Waals surface area contributed by atoms with Crippen molar-refractivity contribution in [2.45, 2.75) is 0 Å². The average Bonchev–Trinajstić information content (AvgIpc) is 2.64. The predicted molar refractivity (Wildman–Crippen MR) is 90.0 cm³/mol. The van der Waals surface area contributed by atoms with Crippen molar-refractivity contribution in [3.8, 4) is 0 Å². The average molecular weight is 334 g/mol. The quantitative estimate of drug-likeness (QED) is 0.568. The normalized spacial score (nSPS) is 10.6. The van der Waals surface area contributed by atoms with E-state index in [1.165, 1.54) is 12.1 Å². The molecule has 3 rings (SSSR count). The van der Waals surface area contributed by atoms with Gasteiger partial charge in [0.15, 0.2) is 25.1 Å². The van der Waals surface area contributed by atoms with E-state index in [0.29, 0.717) is 23.3 Å². The maximum Gasteiger partial charge on any atom is 0.337 e. The van der Waals surface area contributed by atoms with Crippen molar-refractivity contribution in [1.29, 1.82) is 0 Å². The topological polar surface area (TPSA) is 106 Å². The third-order valence-electron chi connectivity index (χ3n) is 4.16. The summed E-state index contributed by atoms with van der Waals surface area (Å²) in [4.78, 5) is 57.7. The molecule has 0 saturated heterocycles. The van der Waals surface area contributed by atoms with E-state index >= 15 is 0 Å². The van der Waals surface area contributed by atoms with Gasteiger partial charge in [0.1, 0.15) is 0 Å². The van der Waals surface area contributed by atoms with Gasteiger partial charge in [-0.3, -0.25) is 19.2 Å². The smallest absolute Gasteiger partial charge is 0.337 e. The Kier molecular flexibility index (Phi) is 3.94. The maximum atomic E-state index is 11.7. The molecule has 0 spiro atoms. The van der Waals surface area contributed by atoms with E-state index in [-0.39, 0.29) is 51.2 Å². The molecule has 0 unspecified atom stereocenters. The van der Waals surface area contributed by atoms with Crippen LogP contribution in [0.15, 0.2) is 30.3 Å². The summed E-state index contributed by atoms with van der Waals surface area (Å²) in [7, 11) is 0. The van der Waals surface area contributed by atoms with Crippen molar-refractivity contribution in [3.63, 3.8) is 0 Å². The van der Waals surface area contributed by atoms with Gasteiger partial charge in [0.05, 0.1) is 5.56 Å². The van der Waals surface area contributed by atoms with Crippen LogP contribution in [0.1, 0.15) is 51.8 Å². The number of carbonyl (C=O) groups is 5. The Balaban J connectivity index is 2.80. The lowest BCUT2D eigenvalue weighted by atomic mass is 9.86. The summed E-state index contributed by atoms with van der Waals surface area (Å²) in [6.45, 7) is 0. The van der Waals surface area contributed by atoms with Gasteiger partial charge < -0.3 is 5.11 Å². The second-order valence-corrected chi connectivity index (χ2v) is 5.33. The number of carboxylic acid groups (broad SMARTS) is 1. The van der Waals surface area contributed by atoms with Gasteiger partial charge >= 0.3 is 5.97 Å². The molecule has 0 atom stereocenters. The fraction of sp³-hybridized carbons (Fsp3) is 0. The SMILES string of the molecule is O=Cc1c(C=O)c(C=O)c2c(ccc3cccc(C=O)c32)c1C(=O)O. The van der Waals surface area contributed by atoms with Crippen molar-refractivity contribution in [2.24, 2.45) is 0 Å². The number of fused-ring (bicyclic) bond motifs is 3. The molecular formula is C19H10O6. The van der Waals surface area contributed by atoms with Crippen LogP contribution in [-0.4, -0.2) is 36.2 Å². The van der Waals surface area contributed by atoms with Crippen LogP contribution in [0.3, 0.4) is 0 Å². The Morgan fingerprint density at radius 1 is 0.760 bits per heavy atom. The van der Waals surface area contributed by atoms with Crippen LogP contribution in [0.25, 0.3) is 21.5 Å². The number of hydrogen-bond acceptors (Lipinski definition) is 5. The Morgan fingerprint density at radius 2 is 1.44 bits per heavy atom. The van der Waals surface area contributed by atoms with Gasteiger partial charge in [-0.15, -0.1) is 0 Å². The molecule has 3 aromatic carbocycles. The highest BCUT2D eigenvalue weighted by Gasteiger charge is 2.24. The molecular weight excluding hydrogens is 324 g/mol. The van der Waals surface area contributed by atoms with E-state index in [2.05, 4.69) is 0 Å². The summed E-state index contributed by atoms with van der Waals surface area (Å²) in [6.07, 6.45) is 1.51. The van der Waals surface area contributed by atoms with Crippen LogP contribution >= 0.6 is 0 Å². The molecule has 0 fully saturated rings. The summed E-state index contributed by atoms with van der Waals surface area (Å²) >= 11 is 0. The van der Waals surface area contributed by atoms with E-state index in [0.717, 1.165) is 0 Å². The van der Waals surface area contributed by atoms with Crippen molar-refractivity contribution in [3.05, 3.63) is 58.1 Å². The molecule has 0 aromatic heterocycles. The molecule has 6 heteroatoms. The highest BCUT2D eigenvalue weighted by molar-refractivity contribution is 6.26. The fourth-order valence-electron chi connectivity index (χ4n) is 3.16. The highest BCUT2D eigenvalue weighted by atomic mass is 16.4. The number of carbonyl (C=O) groups excluding carboxylic acids is 4. The summed E-state index contributed by atoms with van der Waals surface area (Å²) < 4.78 is 0. The number of rotatable bonds is 5. The van der Waals surface area contributed by atoms with Gasteiger partial charge in [0.2, 0.25) is 0 Å². The van der Waals surface area contributed by atoms with Crippen LogP contribution in [0.2, 0.25) is 0 Å². The largest absolute Gasteiger partial charge is 0.478 e. The minimum absolute atomic E-state index is 0.114. The summed E-state index contributed by atoms with van der Waals surface area (Å²) in [6, 6.07) is 7.94. The summed E-state index contributed by atoms with van der Waals surface area (Å²) in [5.74, 6) is -1.41. The molecule has 0 heterocycles. The molecule has 122 valence electrons. The van der Waals surface area contributed by atoms with Gasteiger partial charge in [0, 0.05) is 33.0 Å². The number of aldehydes is 4. The van der Waals surface area contributed by atoms with E-state index < -0.39 is 5.97 Å². The van der Waals surface area contributed by atoms with Gasteiger partial charge in [0.25, 0.3) is 0 Å². The zero-order valence-corrected chi connectivity index (χ0v) is 12.7. The molecule has 0 radical (unpaired) electrons. The standard InChI is InChI=1S/C19H10O6/c20-6-11-3-1-2-10-4-5-12-17(16(10)11)14(8-22)13(7-21)15(9-23)18(12)19(24)25/h1-9H,(H,24,25).